The van der Waals surface area contributed by atoms with Gasteiger partial charge in [-0.3, -0.25) is 4.79 Å². The quantitative estimate of drug-likeness (QED) is 0.752. The summed E-state index contributed by atoms with van der Waals surface area (Å²) in [5.41, 5.74) is 1.73. The maximum Gasteiger partial charge on any atom is 0.341 e. The van der Waals surface area contributed by atoms with E-state index in [1.807, 2.05) is 0 Å². The standard InChI is InChI=1S/C14H15NO5.H2/c1-8(14(18)19)4-9-6-15-12-3-2-10(5-11(9)12)20-7-13(16)17;/h2-3,5-6,8,15H,4,7H2,1H3,(H,16,17)(H,18,19);1H/t8-;/m0./s1. The van der Waals surface area contributed by atoms with Crippen LogP contribution in [-0.2, 0) is 16.0 Å². The molecule has 0 aliphatic heterocycles. The number of H-pyrrole nitrogens is 1. The Balaban J connectivity index is 0.00000220. The Bertz CT molecular complexity index is 652. The van der Waals surface area contributed by atoms with E-state index in [9.17, 15) is 9.59 Å². The zero-order valence-corrected chi connectivity index (χ0v) is 10.9. The SMILES string of the molecule is C[C@@H](Cc1c[nH]c2ccc(OCC(=O)O)cc12)C(=O)O.[HH]. The van der Waals surface area contributed by atoms with Crippen LogP contribution in [0, 0.1) is 5.92 Å². The van der Waals surface area contributed by atoms with E-state index < -0.39 is 24.5 Å². The van der Waals surface area contributed by atoms with E-state index in [2.05, 4.69) is 4.98 Å². The van der Waals surface area contributed by atoms with Crippen LogP contribution in [0.25, 0.3) is 10.9 Å². The summed E-state index contributed by atoms with van der Waals surface area (Å²) < 4.78 is 5.12. The first-order valence-electron chi connectivity index (χ1n) is 6.15. The molecule has 2 rings (SSSR count). The lowest BCUT2D eigenvalue weighted by molar-refractivity contribution is -0.141. The summed E-state index contributed by atoms with van der Waals surface area (Å²) in [6.07, 6.45) is 2.17. The zero-order valence-electron chi connectivity index (χ0n) is 10.9. The van der Waals surface area contributed by atoms with Gasteiger partial charge in [-0.05, 0) is 30.2 Å². The Labute approximate surface area is 116 Å². The monoisotopic (exact) mass is 279 g/mol. The van der Waals surface area contributed by atoms with E-state index in [1.165, 1.54) is 0 Å². The van der Waals surface area contributed by atoms with Gasteiger partial charge >= 0.3 is 11.9 Å². The number of benzene rings is 1. The molecule has 0 aliphatic carbocycles. The Hall–Kier alpha value is -2.50. The van der Waals surface area contributed by atoms with Crippen molar-refractivity contribution in [3.63, 3.8) is 0 Å². The first-order valence-corrected chi connectivity index (χ1v) is 6.15. The third-order valence-corrected chi connectivity index (χ3v) is 3.05. The number of carbonyl (C=O) groups is 2. The second-order valence-electron chi connectivity index (χ2n) is 4.65. The molecule has 20 heavy (non-hydrogen) atoms. The normalized spacial score (nSPS) is 12.2. The average molecular weight is 279 g/mol. The van der Waals surface area contributed by atoms with Gasteiger partial charge in [0.25, 0.3) is 0 Å². The molecule has 1 atom stereocenters. The number of rotatable bonds is 6. The van der Waals surface area contributed by atoms with Crippen molar-refractivity contribution in [2.45, 2.75) is 13.3 Å². The first-order chi connectivity index (χ1) is 9.47. The van der Waals surface area contributed by atoms with Crippen LogP contribution in [0.5, 0.6) is 5.75 Å². The van der Waals surface area contributed by atoms with Crippen LogP contribution in [0.15, 0.2) is 24.4 Å². The molecule has 1 aromatic heterocycles. The highest BCUT2D eigenvalue weighted by Crippen LogP contribution is 2.25. The number of aromatic nitrogens is 1. The van der Waals surface area contributed by atoms with Crippen molar-refractivity contribution in [1.82, 2.24) is 4.98 Å². The number of carboxylic acid groups (broad SMARTS) is 2. The molecule has 6 nitrogen and oxygen atoms in total. The van der Waals surface area contributed by atoms with Crippen LogP contribution in [0.3, 0.4) is 0 Å². The van der Waals surface area contributed by atoms with E-state index in [-0.39, 0.29) is 1.43 Å². The van der Waals surface area contributed by atoms with Crippen LogP contribution in [0.4, 0.5) is 0 Å². The molecular formula is C14H17NO5. The lowest BCUT2D eigenvalue weighted by Crippen LogP contribution is -2.12. The van der Waals surface area contributed by atoms with E-state index >= 15 is 0 Å². The fourth-order valence-corrected chi connectivity index (χ4v) is 1.98. The molecule has 0 bridgehead atoms. The topological polar surface area (TPSA) is 99.6 Å². The summed E-state index contributed by atoms with van der Waals surface area (Å²) in [6, 6.07) is 5.17. The Morgan fingerprint density at radius 1 is 1.40 bits per heavy atom. The summed E-state index contributed by atoms with van der Waals surface area (Å²) in [4.78, 5) is 24.4. The van der Waals surface area contributed by atoms with Crippen LogP contribution in [0.2, 0.25) is 0 Å². The largest absolute Gasteiger partial charge is 0.482 e. The number of aliphatic carboxylic acids is 2. The highest BCUT2D eigenvalue weighted by Gasteiger charge is 2.14. The number of carboxylic acids is 2. The molecule has 1 heterocycles. The molecule has 108 valence electrons. The second kappa shape index (κ2) is 5.64. The number of ether oxygens (including phenoxy) is 1. The molecular weight excluding hydrogens is 262 g/mol. The molecule has 0 spiro atoms. The third-order valence-electron chi connectivity index (χ3n) is 3.05. The minimum Gasteiger partial charge on any atom is -0.482 e. The van der Waals surface area contributed by atoms with Crippen molar-refractivity contribution in [2.75, 3.05) is 6.61 Å². The minimum absolute atomic E-state index is 0. The van der Waals surface area contributed by atoms with Gasteiger partial charge < -0.3 is 19.9 Å². The summed E-state index contributed by atoms with van der Waals surface area (Å²) >= 11 is 0. The number of hydrogen-bond acceptors (Lipinski definition) is 3. The van der Waals surface area contributed by atoms with Gasteiger partial charge in [0, 0.05) is 18.5 Å². The van der Waals surface area contributed by atoms with Crippen molar-refractivity contribution < 1.29 is 26.0 Å². The van der Waals surface area contributed by atoms with Crippen LogP contribution in [-0.4, -0.2) is 33.7 Å². The van der Waals surface area contributed by atoms with E-state index in [1.54, 1.807) is 31.3 Å². The van der Waals surface area contributed by atoms with Crippen molar-refractivity contribution in [2.24, 2.45) is 5.92 Å². The predicted octanol–water partition coefficient (Wildman–Crippen LogP) is 2.14. The molecule has 2 aromatic rings. The summed E-state index contributed by atoms with van der Waals surface area (Å²) in [5, 5.41) is 18.4. The van der Waals surface area contributed by atoms with Crippen molar-refractivity contribution in [1.29, 1.82) is 0 Å². The first kappa shape index (κ1) is 13.9. The highest BCUT2D eigenvalue weighted by atomic mass is 16.5. The summed E-state index contributed by atoms with van der Waals surface area (Å²) in [6.45, 7) is 1.24. The highest BCUT2D eigenvalue weighted by molar-refractivity contribution is 5.85. The summed E-state index contributed by atoms with van der Waals surface area (Å²) in [7, 11) is 0. The summed E-state index contributed by atoms with van der Waals surface area (Å²) in [5.74, 6) is -1.93. The Kier molecular flexibility index (Phi) is 3.93. The maximum absolute atomic E-state index is 10.9. The van der Waals surface area contributed by atoms with Gasteiger partial charge in [0.05, 0.1) is 5.92 Å². The molecule has 3 N–H and O–H groups in total. The lowest BCUT2D eigenvalue weighted by atomic mass is 10.0. The van der Waals surface area contributed by atoms with Gasteiger partial charge in [0.15, 0.2) is 6.61 Å². The molecule has 0 saturated heterocycles. The molecule has 0 fully saturated rings. The van der Waals surface area contributed by atoms with Gasteiger partial charge in [-0.1, -0.05) is 6.92 Å². The van der Waals surface area contributed by atoms with Gasteiger partial charge in [0.2, 0.25) is 0 Å². The van der Waals surface area contributed by atoms with Crippen molar-refractivity contribution in [3.8, 4) is 5.75 Å². The zero-order chi connectivity index (χ0) is 14.7. The van der Waals surface area contributed by atoms with Gasteiger partial charge in [0.1, 0.15) is 5.75 Å². The predicted molar refractivity (Wildman–Crippen MR) is 74.0 cm³/mol. The van der Waals surface area contributed by atoms with Crippen molar-refractivity contribution in [3.05, 3.63) is 30.0 Å². The second-order valence-corrected chi connectivity index (χ2v) is 4.65. The van der Waals surface area contributed by atoms with E-state index in [4.69, 9.17) is 14.9 Å². The molecule has 0 amide bonds. The molecule has 0 aliphatic rings. The fourth-order valence-electron chi connectivity index (χ4n) is 1.98. The van der Waals surface area contributed by atoms with Crippen LogP contribution < -0.4 is 4.74 Å². The van der Waals surface area contributed by atoms with Gasteiger partial charge in [-0.2, -0.15) is 0 Å². The molecule has 6 heteroatoms. The Morgan fingerprint density at radius 3 is 2.80 bits per heavy atom. The van der Waals surface area contributed by atoms with Crippen LogP contribution in [0.1, 0.15) is 13.9 Å². The van der Waals surface area contributed by atoms with E-state index in [0.29, 0.717) is 12.2 Å². The van der Waals surface area contributed by atoms with Crippen LogP contribution >= 0.6 is 0 Å². The molecule has 0 saturated carbocycles. The number of hydrogen-bond donors (Lipinski definition) is 3. The Morgan fingerprint density at radius 2 is 2.15 bits per heavy atom. The minimum atomic E-state index is -1.04. The molecule has 1 aromatic carbocycles. The lowest BCUT2D eigenvalue weighted by Gasteiger charge is -2.06. The maximum atomic E-state index is 10.9. The smallest absolute Gasteiger partial charge is 0.341 e. The molecule has 0 unspecified atom stereocenters. The fraction of sp³-hybridized carbons (Fsp3) is 0.286. The molecule has 0 radical (unpaired) electrons. The third kappa shape index (κ3) is 3.09. The van der Waals surface area contributed by atoms with E-state index in [0.717, 1.165) is 16.5 Å². The average Bonchev–Trinajstić information content (AvgIpc) is 2.79. The number of nitrogens with one attached hydrogen (secondary N) is 1. The van der Waals surface area contributed by atoms with Gasteiger partial charge in [-0.25, -0.2) is 4.79 Å². The van der Waals surface area contributed by atoms with Gasteiger partial charge in [-0.15, -0.1) is 0 Å². The number of fused-ring (bicyclic) bond motifs is 1. The number of aromatic amines is 1. The van der Waals surface area contributed by atoms with Crippen molar-refractivity contribution >= 4 is 22.8 Å².